The van der Waals surface area contributed by atoms with E-state index in [1.54, 1.807) is 0 Å². The minimum absolute atomic E-state index is 0.0812. The van der Waals surface area contributed by atoms with Gasteiger partial charge >= 0.3 is 0 Å². The van der Waals surface area contributed by atoms with E-state index in [1.807, 2.05) is 25.1 Å². The lowest BCUT2D eigenvalue weighted by atomic mass is 10.1. The first-order valence-corrected chi connectivity index (χ1v) is 6.17. The van der Waals surface area contributed by atoms with Gasteiger partial charge in [-0.15, -0.1) is 0 Å². The minimum Gasteiger partial charge on any atom is -0.459 e. The zero-order chi connectivity index (χ0) is 12.6. The largest absolute Gasteiger partial charge is 0.459 e. The molecule has 0 saturated heterocycles. The van der Waals surface area contributed by atoms with E-state index in [4.69, 9.17) is 16.0 Å². The molecule has 92 valence electrons. The lowest BCUT2D eigenvalue weighted by Crippen LogP contribution is -2.34. The van der Waals surface area contributed by atoms with Crippen LogP contribution in [0, 0.1) is 6.92 Å². The molecule has 0 unspecified atom stereocenters. The average Bonchev–Trinajstić information content (AvgIpc) is 2.65. The van der Waals surface area contributed by atoms with Crippen LogP contribution in [0.4, 0.5) is 0 Å². The molecule has 0 spiro atoms. The quantitative estimate of drug-likeness (QED) is 0.862. The topological polar surface area (TPSA) is 25.2 Å². The molecule has 2 aromatic rings. The second-order valence-electron chi connectivity index (χ2n) is 5.42. The molecule has 0 amide bonds. The van der Waals surface area contributed by atoms with E-state index < -0.39 is 0 Å². The van der Waals surface area contributed by atoms with Crippen molar-refractivity contribution in [3.63, 3.8) is 0 Å². The molecule has 0 bridgehead atoms. The molecule has 0 saturated carbocycles. The summed E-state index contributed by atoms with van der Waals surface area (Å²) in [5.41, 5.74) is 2.09. The van der Waals surface area contributed by atoms with Crippen LogP contribution in [0.1, 0.15) is 32.1 Å². The molecule has 1 aromatic carbocycles. The van der Waals surface area contributed by atoms with Crippen molar-refractivity contribution in [2.45, 2.75) is 39.8 Å². The van der Waals surface area contributed by atoms with Gasteiger partial charge in [0.25, 0.3) is 0 Å². The summed E-state index contributed by atoms with van der Waals surface area (Å²) < 4.78 is 5.83. The van der Waals surface area contributed by atoms with Crippen molar-refractivity contribution in [1.82, 2.24) is 5.32 Å². The van der Waals surface area contributed by atoms with Gasteiger partial charge in [0.1, 0.15) is 11.3 Å². The molecule has 0 aliphatic rings. The summed E-state index contributed by atoms with van der Waals surface area (Å²) in [5.74, 6) is 0.922. The van der Waals surface area contributed by atoms with Crippen LogP contribution in [-0.2, 0) is 6.54 Å². The second-order valence-corrected chi connectivity index (χ2v) is 5.83. The van der Waals surface area contributed by atoms with Crippen LogP contribution in [0.3, 0.4) is 0 Å². The summed E-state index contributed by atoms with van der Waals surface area (Å²) in [6.07, 6.45) is 0. The van der Waals surface area contributed by atoms with E-state index in [9.17, 15) is 0 Å². The predicted molar refractivity (Wildman–Crippen MR) is 72.6 cm³/mol. The summed E-state index contributed by atoms with van der Waals surface area (Å²) in [6.45, 7) is 9.15. The summed E-state index contributed by atoms with van der Waals surface area (Å²) in [4.78, 5) is 0. The van der Waals surface area contributed by atoms with E-state index in [0.717, 1.165) is 27.3 Å². The van der Waals surface area contributed by atoms with Gasteiger partial charge < -0.3 is 9.73 Å². The van der Waals surface area contributed by atoms with Crippen molar-refractivity contribution < 1.29 is 4.42 Å². The summed E-state index contributed by atoms with van der Waals surface area (Å²) in [7, 11) is 0. The Morgan fingerprint density at radius 2 is 2.00 bits per heavy atom. The minimum atomic E-state index is 0.0812. The smallest absolute Gasteiger partial charge is 0.138 e. The highest BCUT2D eigenvalue weighted by atomic mass is 35.5. The van der Waals surface area contributed by atoms with Crippen LogP contribution in [0.5, 0.6) is 0 Å². The van der Waals surface area contributed by atoms with E-state index in [-0.39, 0.29) is 5.54 Å². The zero-order valence-corrected chi connectivity index (χ0v) is 11.5. The van der Waals surface area contributed by atoms with Crippen LogP contribution < -0.4 is 5.32 Å². The zero-order valence-electron chi connectivity index (χ0n) is 10.7. The Labute approximate surface area is 107 Å². The first-order valence-electron chi connectivity index (χ1n) is 5.79. The number of rotatable bonds is 2. The molecule has 1 heterocycles. The fourth-order valence-electron chi connectivity index (χ4n) is 1.72. The van der Waals surface area contributed by atoms with E-state index in [2.05, 4.69) is 26.1 Å². The lowest BCUT2D eigenvalue weighted by molar-refractivity contribution is 0.395. The average molecular weight is 252 g/mol. The fourth-order valence-corrected chi connectivity index (χ4v) is 1.92. The standard InChI is InChI=1S/C14H18ClNO/c1-9-5-6-12(15)11-7-10(17-13(9)11)8-16-14(2,3)4/h5-7,16H,8H2,1-4H3. The first-order chi connectivity index (χ1) is 7.87. The van der Waals surface area contributed by atoms with Crippen molar-refractivity contribution in [3.8, 4) is 0 Å². The van der Waals surface area contributed by atoms with Gasteiger partial charge in [-0.25, -0.2) is 0 Å². The van der Waals surface area contributed by atoms with Gasteiger partial charge in [0, 0.05) is 10.9 Å². The Bertz CT molecular complexity index is 498. The molecule has 1 N–H and O–H groups in total. The Kier molecular flexibility index (Phi) is 3.19. The van der Waals surface area contributed by atoms with Crippen molar-refractivity contribution >= 4 is 22.6 Å². The van der Waals surface area contributed by atoms with Crippen LogP contribution in [0.25, 0.3) is 11.0 Å². The Morgan fingerprint density at radius 3 is 2.59 bits per heavy atom. The molecule has 1 aromatic heterocycles. The van der Waals surface area contributed by atoms with Crippen LogP contribution in [-0.4, -0.2) is 5.54 Å². The van der Waals surface area contributed by atoms with Gasteiger partial charge in [-0.05, 0) is 45.4 Å². The number of fused-ring (bicyclic) bond motifs is 1. The second kappa shape index (κ2) is 4.35. The van der Waals surface area contributed by atoms with Crippen LogP contribution >= 0.6 is 11.6 Å². The SMILES string of the molecule is Cc1ccc(Cl)c2cc(CNC(C)(C)C)oc12. The molecule has 3 heteroatoms. The third kappa shape index (κ3) is 2.82. The summed E-state index contributed by atoms with van der Waals surface area (Å²) in [6, 6.07) is 5.91. The van der Waals surface area contributed by atoms with Gasteiger partial charge in [-0.3, -0.25) is 0 Å². The summed E-state index contributed by atoms with van der Waals surface area (Å²) >= 11 is 6.15. The number of benzene rings is 1. The normalized spacial score (nSPS) is 12.3. The number of hydrogen-bond acceptors (Lipinski definition) is 2. The number of furan rings is 1. The van der Waals surface area contributed by atoms with E-state index >= 15 is 0 Å². The fraction of sp³-hybridized carbons (Fsp3) is 0.429. The molecule has 2 rings (SSSR count). The number of halogens is 1. The third-order valence-electron chi connectivity index (χ3n) is 2.67. The van der Waals surface area contributed by atoms with Crippen molar-refractivity contribution in [1.29, 1.82) is 0 Å². The highest BCUT2D eigenvalue weighted by Crippen LogP contribution is 2.29. The Balaban J connectivity index is 2.32. The first kappa shape index (κ1) is 12.5. The number of nitrogens with one attached hydrogen (secondary N) is 1. The highest BCUT2D eigenvalue weighted by molar-refractivity contribution is 6.35. The van der Waals surface area contributed by atoms with Crippen molar-refractivity contribution in [3.05, 3.63) is 34.5 Å². The van der Waals surface area contributed by atoms with Gasteiger partial charge in [-0.1, -0.05) is 17.7 Å². The monoisotopic (exact) mass is 251 g/mol. The molecule has 0 aliphatic heterocycles. The molecule has 0 fully saturated rings. The van der Waals surface area contributed by atoms with E-state index in [0.29, 0.717) is 6.54 Å². The molecule has 2 nitrogen and oxygen atoms in total. The van der Waals surface area contributed by atoms with Gasteiger partial charge in [0.05, 0.1) is 11.6 Å². The maximum atomic E-state index is 6.15. The molecule has 0 aliphatic carbocycles. The van der Waals surface area contributed by atoms with Crippen LogP contribution in [0.15, 0.2) is 22.6 Å². The number of aryl methyl sites for hydroxylation is 1. The summed E-state index contributed by atoms with van der Waals surface area (Å²) in [5, 5.41) is 5.15. The molecule has 0 radical (unpaired) electrons. The highest BCUT2D eigenvalue weighted by Gasteiger charge is 2.12. The Hall–Kier alpha value is -0.990. The molecular weight excluding hydrogens is 234 g/mol. The maximum absolute atomic E-state index is 6.15. The van der Waals surface area contributed by atoms with Gasteiger partial charge in [0.15, 0.2) is 0 Å². The molecule has 0 atom stereocenters. The lowest BCUT2D eigenvalue weighted by Gasteiger charge is -2.19. The third-order valence-corrected chi connectivity index (χ3v) is 3.00. The van der Waals surface area contributed by atoms with Crippen LogP contribution in [0.2, 0.25) is 5.02 Å². The van der Waals surface area contributed by atoms with Gasteiger partial charge in [0.2, 0.25) is 0 Å². The predicted octanol–water partition coefficient (Wildman–Crippen LogP) is 4.28. The van der Waals surface area contributed by atoms with Gasteiger partial charge in [-0.2, -0.15) is 0 Å². The molecular formula is C14H18ClNO. The maximum Gasteiger partial charge on any atom is 0.138 e. The van der Waals surface area contributed by atoms with E-state index in [1.165, 1.54) is 0 Å². The molecule has 17 heavy (non-hydrogen) atoms. The van der Waals surface area contributed by atoms with Crippen molar-refractivity contribution in [2.24, 2.45) is 0 Å². The Morgan fingerprint density at radius 1 is 1.29 bits per heavy atom. The number of hydrogen-bond donors (Lipinski definition) is 1. The van der Waals surface area contributed by atoms with Crippen molar-refractivity contribution in [2.75, 3.05) is 0 Å².